The minimum atomic E-state index is 0.673. The van der Waals surface area contributed by atoms with Gasteiger partial charge >= 0.3 is 0 Å². The molecule has 1 saturated heterocycles. The van der Waals surface area contributed by atoms with Crippen LogP contribution in [-0.2, 0) is 19.6 Å². The van der Waals surface area contributed by atoms with E-state index < -0.39 is 0 Å². The van der Waals surface area contributed by atoms with Crippen LogP contribution in [0.3, 0.4) is 0 Å². The van der Waals surface area contributed by atoms with Crippen molar-refractivity contribution in [3.8, 4) is 0 Å². The van der Waals surface area contributed by atoms with E-state index in [9.17, 15) is 0 Å². The second kappa shape index (κ2) is 10.6. The van der Waals surface area contributed by atoms with Gasteiger partial charge in [0.05, 0.1) is 13.1 Å². The molecule has 1 fully saturated rings. The Labute approximate surface area is 173 Å². The Morgan fingerprint density at radius 2 is 2.00 bits per heavy atom. The smallest absolute Gasteiger partial charge is 0.191 e. The van der Waals surface area contributed by atoms with Gasteiger partial charge in [0.2, 0.25) is 0 Å². The minimum absolute atomic E-state index is 0.673. The molecular formula is C22H33N5S. The highest BCUT2D eigenvalue weighted by molar-refractivity contribution is 7.11. The summed E-state index contributed by atoms with van der Waals surface area (Å²) in [5.41, 5.74) is 2.63. The topological polar surface area (TPSA) is 52.6 Å². The Balaban J connectivity index is 1.53. The van der Waals surface area contributed by atoms with E-state index in [0.29, 0.717) is 19.1 Å². The van der Waals surface area contributed by atoms with Gasteiger partial charge in [-0.25, -0.2) is 9.98 Å². The van der Waals surface area contributed by atoms with E-state index in [-0.39, 0.29) is 0 Å². The van der Waals surface area contributed by atoms with Crippen molar-refractivity contribution in [3.63, 3.8) is 0 Å². The molecule has 28 heavy (non-hydrogen) atoms. The Morgan fingerprint density at radius 1 is 1.21 bits per heavy atom. The van der Waals surface area contributed by atoms with Crippen molar-refractivity contribution in [2.45, 2.75) is 65.7 Å². The number of piperidine rings is 1. The lowest BCUT2D eigenvalue weighted by Crippen LogP contribution is -2.36. The van der Waals surface area contributed by atoms with Crippen molar-refractivity contribution in [3.05, 3.63) is 51.5 Å². The van der Waals surface area contributed by atoms with E-state index in [1.54, 1.807) is 11.3 Å². The lowest BCUT2D eigenvalue weighted by atomic mass is 10.0. The molecule has 5 nitrogen and oxygen atoms in total. The molecule has 0 radical (unpaired) electrons. The molecule has 2 aromatic rings. The summed E-state index contributed by atoms with van der Waals surface area (Å²) < 4.78 is 0. The largest absolute Gasteiger partial charge is 0.357 e. The van der Waals surface area contributed by atoms with Crippen LogP contribution in [0.4, 0.5) is 0 Å². The van der Waals surface area contributed by atoms with Gasteiger partial charge in [-0.05, 0) is 51.3 Å². The fourth-order valence-electron chi connectivity index (χ4n) is 3.53. The Morgan fingerprint density at radius 3 is 2.68 bits per heavy atom. The van der Waals surface area contributed by atoms with Gasteiger partial charge in [0.15, 0.2) is 5.96 Å². The van der Waals surface area contributed by atoms with Gasteiger partial charge in [-0.3, -0.25) is 4.90 Å². The predicted octanol–water partition coefficient (Wildman–Crippen LogP) is 4.08. The van der Waals surface area contributed by atoms with Crippen LogP contribution >= 0.6 is 11.3 Å². The summed E-state index contributed by atoms with van der Waals surface area (Å²) in [6, 6.07) is 9.63. The highest BCUT2D eigenvalue weighted by Gasteiger charge is 2.17. The number of guanidine groups is 1. The monoisotopic (exact) mass is 399 g/mol. The first-order chi connectivity index (χ1) is 13.6. The van der Waals surface area contributed by atoms with Crippen LogP contribution in [0.2, 0.25) is 0 Å². The van der Waals surface area contributed by atoms with E-state index in [4.69, 9.17) is 4.99 Å². The van der Waals surface area contributed by atoms with Crippen LogP contribution in [0.15, 0.2) is 35.5 Å². The normalized spacial score (nSPS) is 18.2. The Kier molecular flexibility index (Phi) is 7.86. The molecule has 2 heterocycles. The fourth-order valence-corrected chi connectivity index (χ4v) is 4.26. The number of aryl methyl sites for hydroxylation is 1. The quantitative estimate of drug-likeness (QED) is 0.544. The van der Waals surface area contributed by atoms with E-state index in [1.165, 1.54) is 41.8 Å². The molecule has 1 aromatic heterocycles. The summed E-state index contributed by atoms with van der Waals surface area (Å²) in [4.78, 5) is 13.0. The van der Waals surface area contributed by atoms with Crippen molar-refractivity contribution < 1.29 is 0 Å². The Hall–Kier alpha value is -1.92. The number of benzene rings is 1. The maximum absolute atomic E-state index is 4.72. The van der Waals surface area contributed by atoms with Crippen LogP contribution in [0, 0.1) is 6.92 Å². The lowest BCUT2D eigenvalue weighted by molar-refractivity contribution is 0.152. The maximum atomic E-state index is 4.72. The third kappa shape index (κ3) is 6.31. The summed E-state index contributed by atoms with van der Waals surface area (Å²) in [6.45, 7) is 11.0. The van der Waals surface area contributed by atoms with E-state index in [0.717, 1.165) is 24.1 Å². The summed E-state index contributed by atoms with van der Waals surface area (Å²) in [5, 5.41) is 7.76. The fraction of sp³-hybridized carbons (Fsp3) is 0.545. The molecule has 0 aliphatic carbocycles. The summed E-state index contributed by atoms with van der Waals surface area (Å²) in [6.07, 6.45) is 5.95. The average molecular weight is 400 g/mol. The summed E-state index contributed by atoms with van der Waals surface area (Å²) in [5.74, 6) is 0.835. The molecule has 1 aliphatic heterocycles. The molecular weight excluding hydrogens is 366 g/mol. The number of nitrogens with zero attached hydrogens (tertiary/aromatic N) is 3. The van der Waals surface area contributed by atoms with Gasteiger partial charge in [-0.1, -0.05) is 30.7 Å². The molecule has 2 N–H and O–H groups in total. The highest BCUT2D eigenvalue weighted by Crippen LogP contribution is 2.19. The SMILES string of the molecule is CCNC(=NCc1ccc(CN2CCCCC2C)cc1)NCc1ncc(C)s1. The van der Waals surface area contributed by atoms with Crippen LogP contribution in [0.5, 0.6) is 0 Å². The summed E-state index contributed by atoms with van der Waals surface area (Å²) >= 11 is 1.72. The molecule has 6 heteroatoms. The van der Waals surface area contributed by atoms with Gasteiger partial charge in [-0.2, -0.15) is 0 Å². The molecule has 0 bridgehead atoms. The molecule has 1 unspecified atom stereocenters. The molecule has 0 spiro atoms. The first-order valence-corrected chi connectivity index (χ1v) is 11.2. The standard InChI is InChI=1S/C22H33N5S/c1-4-23-22(26-15-21-24-13-18(3)28-21)25-14-19-8-10-20(11-9-19)16-27-12-6-5-7-17(27)2/h8-11,13,17H,4-7,12,14-16H2,1-3H3,(H2,23,25,26). The molecule has 1 atom stereocenters. The zero-order valence-corrected chi connectivity index (χ0v) is 18.2. The van der Waals surface area contributed by atoms with E-state index in [2.05, 4.69) is 65.6 Å². The number of rotatable bonds is 7. The second-order valence-corrected chi connectivity index (χ2v) is 8.86. The van der Waals surface area contributed by atoms with Crippen LogP contribution in [-0.4, -0.2) is 35.0 Å². The van der Waals surface area contributed by atoms with Crippen LogP contribution < -0.4 is 10.6 Å². The van der Waals surface area contributed by atoms with Crippen LogP contribution in [0.1, 0.15) is 54.1 Å². The lowest BCUT2D eigenvalue weighted by Gasteiger charge is -2.33. The molecule has 0 amide bonds. The van der Waals surface area contributed by atoms with Crippen molar-refractivity contribution in [1.82, 2.24) is 20.5 Å². The van der Waals surface area contributed by atoms with Crippen LogP contribution in [0.25, 0.3) is 0 Å². The zero-order chi connectivity index (χ0) is 19.8. The number of hydrogen-bond acceptors (Lipinski definition) is 4. The third-order valence-electron chi connectivity index (χ3n) is 5.19. The number of aromatic nitrogens is 1. The molecule has 152 valence electrons. The van der Waals surface area contributed by atoms with E-state index >= 15 is 0 Å². The van der Waals surface area contributed by atoms with Crippen molar-refractivity contribution >= 4 is 17.3 Å². The average Bonchev–Trinajstić information content (AvgIpc) is 3.12. The van der Waals surface area contributed by atoms with Gasteiger partial charge in [0.25, 0.3) is 0 Å². The second-order valence-electron chi connectivity index (χ2n) is 7.55. The van der Waals surface area contributed by atoms with E-state index in [1.807, 2.05) is 6.20 Å². The zero-order valence-electron chi connectivity index (χ0n) is 17.4. The number of aliphatic imine (C=N–C) groups is 1. The number of thiazole rings is 1. The van der Waals surface area contributed by atoms with Crippen molar-refractivity contribution in [2.24, 2.45) is 4.99 Å². The predicted molar refractivity (Wildman–Crippen MR) is 119 cm³/mol. The van der Waals surface area contributed by atoms with Gasteiger partial charge in [-0.15, -0.1) is 11.3 Å². The molecule has 1 aliphatic rings. The first kappa shape index (κ1) is 20.8. The molecule has 3 rings (SSSR count). The van der Waals surface area contributed by atoms with Crippen molar-refractivity contribution in [1.29, 1.82) is 0 Å². The molecule has 1 aromatic carbocycles. The maximum Gasteiger partial charge on any atom is 0.191 e. The Bertz CT molecular complexity index is 753. The van der Waals surface area contributed by atoms with Gasteiger partial charge in [0, 0.05) is 30.2 Å². The minimum Gasteiger partial charge on any atom is -0.357 e. The van der Waals surface area contributed by atoms with Gasteiger partial charge in [0.1, 0.15) is 5.01 Å². The number of likely N-dealkylation sites (tertiary alicyclic amines) is 1. The number of hydrogen-bond donors (Lipinski definition) is 2. The van der Waals surface area contributed by atoms with Gasteiger partial charge < -0.3 is 10.6 Å². The molecule has 0 saturated carbocycles. The number of nitrogens with one attached hydrogen (secondary N) is 2. The first-order valence-electron chi connectivity index (χ1n) is 10.4. The highest BCUT2D eigenvalue weighted by atomic mass is 32.1. The summed E-state index contributed by atoms with van der Waals surface area (Å²) in [7, 11) is 0. The third-order valence-corrected chi connectivity index (χ3v) is 6.10. The van der Waals surface area contributed by atoms with Crippen molar-refractivity contribution in [2.75, 3.05) is 13.1 Å².